The summed E-state index contributed by atoms with van der Waals surface area (Å²) in [6, 6.07) is 28.7. The Labute approximate surface area is 316 Å². The average Bonchev–Trinajstić information content (AvgIpc) is 3.16. The van der Waals surface area contributed by atoms with Crippen molar-refractivity contribution in [1.29, 1.82) is 0 Å². The highest BCUT2D eigenvalue weighted by Gasteiger charge is 2.46. The van der Waals surface area contributed by atoms with Crippen molar-refractivity contribution in [3.63, 3.8) is 0 Å². The molecular formula is C50H68N2. The molecule has 52 heavy (non-hydrogen) atoms. The van der Waals surface area contributed by atoms with Crippen molar-refractivity contribution in [3.8, 4) is 11.1 Å². The van der Waals surface area contributed by atoms with Crippen LogP contribution in [0, 0.1) is 0 Å². The highest BCUT2D eigenvalue weighted by atomic mass is 15.3. The minimum absolute atomic E-state index is 0.247. The van der Waals surface area contributed by atoms with Crippen molar-refractivity contribution in [2.24, 2.45) is 0 Å². The zero-order chi connectivity index (χ0) is 35.8. The topological polar surface area (TPSA) is 6.48 Å². The molecule has 4 aliphatic rings. The van der Waals surface area contributed by atoms with Gasteiger partial charge in [-0.2, -0.15) is 0 Å². The number of fused-ring (bicyclic) bond motifs is 2. The molecule has 0 amide bonds. The molecule has 4 aliphatic carbocycles. The quantitative estimate of drug-likeness (QED) is 0.172. The van der Waals surface area contributed by atoms with Crippen molar-refractivity contribution < 1.29 is 0 Å². The molecule has 8 rings (SSSR count). The molecule has 0 heterocycles. The fraction of sp³-hybridized carbons (Fsp3) is 0.600. The van der Waals surface area contributed by atoms with Crippen LogP contribution in [0.1, 0.15) is 167 Å². The maximum atomic E-state index is 3.08. The molecule has 0 spiro atoms. The minimum Gasteiger partial charge on any atom is -0.288 e. The van der Waals surface area contributed by atoms with Crippen molar-refractivity contribution in [2.45, 2.75) is 191 Å². The van der Waals surface area contributed by atoms with Crippen LogP contribution in [0.25, 0.3) is 32.7 Å². The predicted octanol–water partition coefficient (Wildman–Crippen LogP) is 14.2. The van der Waals surface area contributed by atoms with E-state index in [1.807, 2.05) is 0 Å². The van der Waals surface area contributed by atoms with Crippen molar-refractivity contribution >= 4 is 21.5 Å². The van der Waals surface area contributed by atoms with E-state index >= 15 is 0 Å². The van der Waals surface area contributed by atoms with E-state index in [1.54, 1.807) is 0 Å². The molecule has 0 saturated heterocycles. The van der Waals surface area contributed by atoms with E-state index in [0.717, 1.165) is 13.1 Å². The predicted molar refractivity (Wildman–Crippen MR) is 224 cm³/mol. The standard InChI is InChI=1S/C50H68N2/c1-47(29-13-5-14-30-47)51(48(2)31-15-6-16-32-48)37-41-27-25-39-21-9-11-23-43(39)45(41)46-42(28-26-40-22-10-12-24-44(40)46)38-52(49(3)33-17-7-18-34-49)50(4)35-19-8-20-36-50/h9-12,21-28H,5-8,13-20,29-38H2,1-4H3. The van der Waals surface area contributed by atoms with Crippen molar-refractivity contribution in [1.82, 2.24) is 9.80 Å². The normalized spacial score (nSPS) is 23.0. The van der Waals surface area contributed by atoms with E-state index in [2.05, 4.69) is 110 Å². The molecule has 4 aromatic carbocycles. The van der Waals surface area contributed by atoms with E-state index in [0.29, 0.717) is 0 Å². The van der Waals surface area contributed by atoms with E-state index in [4.69, 9.17) is 0 Å². The first-order chi connectivity index (χ1) is 25.2. The summed E-state index contributed by atoms with van der Waals surface area (Å²) in [6.45, 7) is 12.6. The molecule has 278 valence electrons. The first kappa shape index (κ1) is 36.3. The highest BCUT2D eigenvalue weighted by Crippen LogP contribution is 2.49. The molecule has 2 heteroatoms. The van der Waals surface area contributed by atoms with Gasteiger partial charge in [-0.3, -0.25) is 9.80 Å². The van der Waals surface area contributed by atoms with Gasteiger partial charge in [0.2, 0.25) is 0 Å². The van der Waals surface area contributed by atoms with Crippen LogP contribution in [0.4, 0.5) is 0 Å². The van der Waals surface area contributed by atoms with Crippen LogP contribution in [0.5, 0.6) is 0 Å². The third-order valence-electron chi connectivity index (χ3n) is 15.3. The summed E-state index contributed by atoms with van der Waals surface area (Å²) in [7, 11) is 0. The summed E-state index contributed by atoms with van der Waals surface area (Å²) in [6.07, 6.45) is 27.2. The number of hydrogen-bond acceptors (Lipinski definition) is 2. The van der Waals surface area contributed by atoms with Gasteiger partial charge in [-0.15, -0.1) is 0 Å². The molecule has 0 N–H and O–H groups in total. The van der Waals surface area contributed by atoms with Gasteiger partial charge in [-0.25, -0.2) is 0 Å². The summed E-state index contributed by atoms with van der Waals surface area (Å²) in [4.78, 5) is 6.16. The first-order valence-electron chi connectivity index (χ1n) is 21.8. The summed E-state index contributed by atoms with van der Waals surface area (Å²) in [5.74, 6) is 0. The molecule has 0 aromatic heterocycles. The zero-order valence-corrected chi connectivity index (χ0v) is 33.4. The summed E-state index contributed by atoms with van der Waals surface area (Å²) in [5.41, 5.74) is 7.08. The van der Waals surface area contributed by atoms with E-state index in [1.165, 1.54) is 172 Å². The van der Waals surface area contributed by atoms with Gasteiger partial charge in [0, 0.05) is 35.2 Å². The Balaban J connectivity index is 1.33. The fourth-order valence-electron chi connectivity index (χ4n) is 12.2. The number of hydrogen-bond donors (Lipinski definition) is 0. The number of nitrogens with zero attached hydrogens (tertiary/aromatic N) is 2. The van der Waals surface area contributed by atoms with Gasteiger partial charge in [0.15, 0.2) is 0 Å². The molecule has 0 unspecified atom stereocenters. The third kappa shape index (κ3) is 6.90. The summed E-state index contributed by atoms with van der Waals surface area (Å²) >= 11 is 0. The summed E-state index contributed by atoms with van der Waals surface area (Å²) < 4.78 is 0. The first-order valence-corrected chi connectivity index (χ1v) is 21.8. The number of rotatable bonds is 9. The zero-order valence-electron chi connectivity index (χ0n) is 33.4. The fourth-order valence-corrected chi connectivity index (χ4v) is 12.2. The molecule has 2 nitrogen and oxygen atoms in total. The molecular weight excluding hydrogens is 629 g/mol. The van der Waals surface area contributed by atoms with Crippen LogP contribution in [0.3, 0.4) is 0 Å². The Kier molecular flexibility index (Phi) is 10.4. The second kappa shape index (κ2) is 14.9. The van der Waals surface area contributed by atoms with Gasteiger partial charge in [0.25, 0.3) is 0 Å². The van der Waals surface area contributed by atoms with Crippen LogP contribution in [0.15, 0.2) is 72.8 Å². The van der Waals surface area contributed by atoms with E-state index in [9.17, 15) is 0 Å². The van der Waals surface area contributed by atoms with E-state index in [-0.39, 0.29) is 22.2 Å². The van der Waals surface area contributed by atoms with Gasteiger partial charge in [-0.05, 0) is 123 Å². The molecule has 4 fully saturated rings. The highest BCUT2D eigenvalue weighted by molar-refractivity contribution is 6.07. The minimum atomic E-state index is 0.247. The Morgan fingerprint density at radius 1 is 0.365 bits per heavy atom. The smallest absolute Gasteiger partial charge is 0.0250 e. The van der Waals surface area contributed by atoms with Crippen LogP contribution in [0.2, 0.25) is 0 Å². The van der Waals surface area contributed by atoms with Crippen LogP contribution in [-0.2, 0) is 13.1 Å². The van der Waals surface area contributed by atoms with Gasteiger partial charge in [0.1, 0.15) is 0 Å². The molecule has 0 aliphatic heterocycles. The lowest BCUT2D eigenvalue weighted by Gasteiger charge is -2.55. The van der Waals surface area contributed by atoms with Gasteiger partial charge in [-0.1, -0.05) is 150 Å². The van der Waals surface area contributed by atoms with Crippen molar-refractivity contribution in [3.05, 3.63) is 83.9 Å². The second-order valence-electron chi connectivity index (χ2n) is 19.0. The van der Waals surface area contributed by atoms with Crippen molar-refractivity contribution in [2.75, 3.05) is 0 Å². The van der Waals surface area contributed by atoms with Crippen LogP contribution >= 0.6 is 0 Å². The van der Waals surface area contributed by atoms with Crippen LogP contribution < -0.4 is 0 Å². The lowest BCUT2D eigenvalue weighted by Crippen LogP contribution is -2.59. The maximum absolute atomic E-state index is 3.08. The van der Waals surface area contributed by atoms with E-state index < -0.39 is 0 Å². The monoisotopic (exact) mass is 697 g/mol. The van der Waals surface area contributed by atoms with Crippen LogP contribution in [-0.4, -0.2) is 32.0 Å². The second-order valence-corrected chi connectivity index (χ2v) is 19.0. The Morgan fingerprint density at radius 3 is 0.962 bits per heavy atom. The molecule has 0 bridgehead atoms. The summed E-state index contributed by atoms with van der Waals surface area (Å²) in [5, 5.41) is 5.60. The van der Waals surface area contributed by atoms with Gasteiger partial charge < -0.3 is 0 Å². The maximum Gasteiger partial charge on any atom is 0.0250 e. The Bertz CT molecular complexity index is 1640. The molecule has 4 aromatic rings. The average molecular weight is 697 g/mol. The Morgan fingerprint density at radius 2 is 0.654 bits per heavy atom. The molecule has 0 atom stereocenters. The molecule has 4 saturated carbocycles. The Hall–Kier alpha value is -2.68. The lowest BCUT2D eigenvalue weighted by molar-refractivity contribution is -0.0511. The van der Waals surface area contributed by atoms with Gasteiger partial charge in [0.05, 0.1) is 0 Å². The largest absolute Gasteiger partial charge is 0.288 e. The number of benzene rings is 4. The lowest BCUT2D eigenvalue weighted by atomic mass is 9.73. The van der Waals surface area contributed by atoms with Gasteiger partial charge >= 0.3 is 0 Å². The molecule has 0 radical (unpaired) electrons. The SMILES string of the molecule is CC1(N(Cc2ccc3ccccc3c2-c2c(CN(C3(C)CCCCC3)C3(C)CCCCC3)ccc3ccccc23)C2(C)CCCCC2)CCCCC1. The third-order valence-corrected chi connectivity index (χ3v) is 15.3.